The molecule has 20 heavy (non-hydrogen) atoms. The Morgan fingerprint density at radius 3 is 3.15 bits per heavy atom. The Kier molecular flexibility index (Phi) is 3.58. The van der Waals surface area contributed by atoms with Crippen molar-refractivity contribution < 1.29 is 13.9 Å². The summed E-state index contributed by atoms with van der Waals surface area (Å²) in [4.78, 5) is 18.4. The van der Waals surface area contributed by atoms with Gasteiger partial charge in [-0.2, -0.15) is 4.98 Å². The van der Waals surface area contributed by atoms with Gasteiger partial charge >= 0.3 is 5.97 Å². The van der Waals surface area contributed by atoms with E-state index in [0.717, 1.165) is 30.5 Å². The number of benzene rings is 1. The molecule has 2 aromatic rings. The van der Waals surface area contributed by atoms with E-state index in [-0.39, 0.29) is 11.9 Å². The zero-order valence-corrected chi connectivity index (χ0v) is 11.5. The number of rotatable bonds is 3. The molecule has 0 N–H and O–H groups in total. The molecule has 1 aromatic heterocycles. The van der Waals surface area contributed by atoms with Gasteiger partial charge in [-0.15, -0.1) is 0 Å². The topological polar surface area (TPSA) is 55.6 Å². The van der Waals surface area contributed by atoms with Crippen LogP contribution >= 0.6 is 0 Å². The number of aromatic nitrogens is 1. The van der Waals surface area contributed by atoms with E-state index in [2.05, 4.69) is 4.98 Å². The predicted octanol–water partition coefficient (Wildman–Crippen LogP) is 2.61. The minimum atomic E-state index is -0.117. The number of esters is 1. The minimum absolute atomic E-state index is 0.0845. The molecule has 1 aromatic carbocycles. The van der Waals surface area contributed by atoms with Gasteiger partial charge in [-0.05, 0) is 31.9 Å². The van der Waals surface area contributed by atoms with Gasteiger partial charge in [-0.1, -0.05) is 12.1 Å². The number of fused-ring (bicyclic) bond motifs is 1. The van der Waals surface area contributed by atoms with Crippen molar-refractivity contribution in [2.24, 2.45) is 5.92 Å². The van der Waals surface area contributed by atoms with Crippen molar-refractivity contribution in [3.05, 3.63) is 24.3 Å². The highest BCUT2D eigenvalue weighted by Crippen LogP contribution is 2.26. The molecule has 1 atom stereocenters. The number of hydrogen-bond donors (Lipinski definition) is 0. The molecule has 0 saturated carbocycles. The smallest absolute Gasteiger partial charge is 0.310 e. The average Bonchev–Trinajstić information content (AvgIpc) is 2.91. The number of anilines is 1. The van der Waals surface area contributed by atoms with Crippen molar-refractivity contribution in [2.45, 2.75) is 19.8 Å². The van der Waals surface area contributed by atoms with Crippen molar-refractivity contribution in [3.63, 3.8) is 0 Å². The molecule has 0 aliphatic carbocycles. The lowest BCUT2D eigenvalue weighted by Gasteiger charge is -2.30. The van der Waals surface area contributed by atoms with E-state index in [1.165, 1.54) is 0 Å². The van der Waals surface area contributed by atoms with Gasteiger partial charge in [-0.25, -0.2) is 0 Å². The van der Waals surface area contributed by atoms with E-state index in [0.29, 0.717) is 19.2 Å². The van der Waals surface area contributed by atoms with E-state index in [1.807, 2.05) is 36.1 Å². The molecule has 1 saturated heterocycles. The maximum absolute atomic E-state index is 11.8. The lowest BCUT2D eigenvalue weighted by atomic mass is 9.99. The summed E-state index contributed by atoms with van der Waals surface area (Å²) >= 11 is 0. The maximum atomic E-state index is 11.8. The second-order valence-corrected chi connectivity index (χ2v) is 5.00. The summed E-state index contributed by atoms with van der Waals surface area (Å²) in [5.74, 6) is -0.202. The summed E-state index contributed by atoms with van der Waals surface area (Å²) in [5, 5.41) is 0. The SMILES string of the molecule is CCOC(=O)C1CCCN(c2nc3ccccc3o2)C1. The summed E-state index contributed by atoms with van der Waals surface area (Å²) in [6.07, 6.45) is 1.82. The standard InChI is InChI=1S/C15H18N2O3/c1-2-19-14(18)11-6-5-9-17(10-11)15-16-12-7-3-4-8-13(12)20-15/h3-4,7-8,11H,2,5-6,9-10H2,1H3. The van der Waals surface area contributed by atoms with Crippen molar-refractivity contribution in [2.75, 3.05) is 24.6 Å². The Morgan fingerprint density at radius 2 is 2.35 bits per heavy atom. The van der Waals surface area contributed by atoms with Crippen LogP contribution in [0.4, 0.5) is 6.01 Å². The molecule has 1 fully saturated rings. The number of oxazole rings is 1. The van der Waals surface area contributed by atoms with Crippen molar-refractivity contribution in [1.82, 2.24) is 4.98 Å². The first-order chi connectivity index (χ1) is 9.78. The first-order valence-corrected chi connectivity index (χ1v) is 7.05. The Bertz CT molecular complexity index is 575. The van der Waals surface area contributed by atoms with Crippen LogP contribution in [0.2, 0.25) is 0 Å². The third kappa shape index (κ3) is 2.48. The molecule has 2 heterocycles. The molecule has 1 aliphatic heterocycles. The fourth-order valence-electron chi connectivity index (χ4n) is 2.60. The molecule has 0 radical (unpaired) electrons. The normalized spacial score (nSPS) is 19.2. The highest BCUT2D eigenvalue weighted by molar-refractivity contribution is 5.75. The number of carbonyl (C=O) groups excluding carboxylic acids is 1. The summed E-state index contributed by atoms with van der Waals surface area (Å²) in [7, 11) is 0. The van der Waals surface area contributed by atoms with Crippen molar-refractivity contribution >= 4 is 23.1 Å². The van der Waals surface area contributed by atoms with E-state index in [1.54, 1.807) is 0 Å². The molecular formula is C15H18N2O3. The lowest BCUT2D eigenvalue weighted by molar-refractivity contribution is -0.148. The summed E-state index contributed by atoms with van der Waals surface area (Å²) in [5.41, 5.74) is 1.63. The predicted molar refractivity (Wildman–Crippen MR) is 75.6 cm³/mol. The Labute approximate surface area is 117 Å². The molecule has 0 bridgehead atoms. The summed E-state index contributed by atoms with van der Waals surface area (Å²) < 4.78 is 10.9. The average molecular weight is 274 g/mol. The quantitative estimate of drug-likeness (QED) is 0.805. The largest absolute Gasteiger partial charge is 0.466 e. The highest BCUT2D eigenvalue weighted by atomic mass is 16.5. The second-order valence-electron chi connectivity index (χ2n) is 5.00. The minimum Gasteiger partial charge on any atom is -0.466 e. The van der Waals surface area contributed by atoms with Crippen LogP contribution in [0.5, 0.6) is 0 Å². The lowest BCUT2D eigenvalue weighted by Crippen LogP contribution is -2.39. The van der Waals surface area contributed by atoms with Gasteiger partial charge in [0.25, 0.3) is 6.01 Å². The maximum Gasteiger partial charge on any atom is 0.310 e. The van der Waals surface area contributed by atoms with Gasteiger partial charge in [0.1, 0.15) is 5.52 Å². The molecule has 3 rings (SSSR count). The van der Waals surface area contributed by atoms with Crippen LogP contribution in [0.1, 0.15) is 19.8 Å². The molecule has 0 spiro atoms. The van der Waals surface area contributed by atoms with E-state index in [4.69, 9.17) is 9.15 Å². The Hall–Kier alpha value is -2.04. The van der Waals surface area contributed by atoms with Crippen molar-refractivity contribution in [1.29, 1.82) is 0 Å². The number of nitrogens with zero attached hydrogens (tertiary/aromatic N) is 2. The molecule has 5 heteroatoms. The first-order valence-electron chi connectivity index (χ1n) is 7.05. The van der Waals surface area contributed by atoms with Gasteiger partial charge in [0.2, 0.25) is 0 Å². The van der Waals surface area contributed by atoms with Crippen LogP contribution < -0.4 is 4.90 Å². The number of ether oxygens (including phenoxy) is 1. The van der Waals surface area contributed by atoms with E-state index in [9.17, 15) is 4.79 Å². The monoisotopic (exact) mass is 274 g/mol. The Morgan fingerprint density at radius 1 is 1.50 bits per heavy atom. The Balaban J connectivity index is 1.77. The van der Waals surface area contributed by atoms with Gasteiger partial charge < -0.3 is 14.1 Å². The highest BCUT2D eigenvalue weighted by Gasteiger charge is 2.29. The second kappa shape index (κ2) is 5.53. The summed E-state index contributed by atoms with van der Waals surface area (Å²) in [6, 6.07) is 8.29. The van der Waals surface area contributed by atoms with Crippen LogP contribution in [0.25, 0.3) is 11.1 Å². The molecule has 5 nitrogen and oxygen atoms in total. The zero-order chi connectivity index (χ0) is 13.9. The van der Waals surface area contributed by atoms with Gasteiger partial charge in [0, 0.05) is 13.1 Å². The first kappa shape index (κ1) is 13.0. The molecule has 0 amide bonds. The fourth-order valence-corrected chi connectivity index (χ4v) is 2.60. The third-order valence-corrected chi connectivity index (χ3v) is 3.59. The molecular weight excluding hydrogens is 256 g/mol. The molecule has 1 unspecified atom stereocenters. The number of hydrogen-bond acceptors (Lipinski definition) is 5. The van der Waals surface area contributed by atoms with Crippen LogP contribution in [-0.4, -0.2) is 30.6 Å². The van der Waals surface area contributed by atoms with Gasteiger partial charge in [0.05, 0.1) is 12.5 Å². The molecule has 106 valence electrons. The third-order valence-electron chi connectivity index (χ3n) is 3.59. The summed E-state index contributed by atoms with van der Waals surface area (Å²) in [6.45, 7) is 3.74. The van der Waals surface area contributed by atoms with Crippen LogP contribution in [0, 0.1) is 5.92 Å². The van der Waals surface area contributed by atoms with Crippen molar-refractivity contribution in [3.8, 4) is 0 Å². The van der Waals surface area contributed by atoms with E-state index < -0.39 is 0 Å². The number of para-hydroxylation sites is 2. The van der Waals surface area contributed by atoms with E-state index >= 15 is 0 Å². The van der Waals surface area contributed by atoms with Gasteiger partial charge in [-0.3, -0.25) is 4.79 Å². The molecule has 1 aliphatic rings. The van der Waals surface area contributed by atoms with Crippen LogP contribution in [0.15, 0.2) is 28.7 Å². The zero-order valence-electron chi connectivity index (χ0n) is 11.5. The van der Waals surface area contributed by atoms with Crippen LogP contribution in [-0.2, 0) is 9.53 Å². The fraction of sp³-hybridized carbons (Fsp3) is 0.467. The van der Waals surface area contributed by atoms with Gasteiger partial charge in [0.15, 0.2) is 5.58 Å². The van der Waals surface area contributed by atoms with Crippen LogP contribution in [0.3, 0.4) is 0 Å². The number of piperidine rings is 1. The number of carbonyl (C=O) groups is 1.